The highest BCUT2D eigenvalue weighted by molar-refractivity contribution is 5.94. The van der Waals surface area contributed by atoms with Crippen LogP contribution >= 0.6 is 0 Å². The lowest BCUT2D eigenvalue weighted by atomic mass is 10.1. The van der Waals surface area contributed by atoms with Crippen LogP contribution in [0, 0.1) is 6.92 Å². The van der Waals surface area contributed by atoms with E-state index in [1.54, 1.807) is 41.3 Å². The first-order chi connectivity index (χ1) is 14.6. The van der Waals surface area contributed by atoms with Gasteiger partial charge < -0.3 is 10.1 Å². The Hall–Kier alpha value is -3.94. The van der Waals surface area contributed by atoms with Crippen molar-refractivity contribution < 1.29 is 9.53 Å². The van der Waals surface area contributed by atoms with Crippen LogP contribution in [0.1, 0.15) is 34.6 Å². The minimum Gasteiger partial charge on any atom is -0.494 e. The summed E-state index contributed by atoms with van der Waals surface area (Å²) in [7, 11) is 1.60. The van der Waals surface area contributed by atoms with Crippen molar-refractivity contribution in [1.29, 1.82) is 0 Å². The van der Waals surface area contributed by atoms with Crippen LogP contribution in [0.3, 0.4) is 0 Å². The molecule has 0 aliphatic heterocycles. The fraction of sp³-hybridized carbons (Fsp3) is 0.182. The molecule has 1 amide bonds. The number of carbonyl (C=O) groups excluding carboxylic acids is 1. The van der Waals surface area contributed by atoms with Gasteiger partial charge in [0.2, 0.25) is 0 Å². The number of nitrogens with one attached hydrogen (secondary N) is 1. The molecule has 0 spiro atoms. The smallest absolute Gasteiger partial charge is 0.254 e. The summed E-state index contributed by atoms with van der Waals surface area (Å²) in [6.07, 6.45) is 6.71. The largest absolute Gasteiger partial charge is 0.494 e. The van der Waals surface area contributed by atoms with E-state index in [9.17, 15) is 4.79 Å². The van der Waals surface area contributed by atoms with Crippen LogP contribution in [0.2, 0.25) is 0 Å². The highest BCUT2D eigenvalue weighted by atomic mass is 16.5. The molecule has 0 saturated carbocycles. The van der Waals surface area contributed by atoms with Crippen molar-refractivity contribution in [2.45, 2.75) is 19.9 Å². The summed E-state index contributed by atoms with van der Waals surface area (Å²) in [6, 6.07) is 12.9. The van der Waals surface area contributed by atoms with Gasteiger partial charge >= 0.3 is 0 Å². The lowest BCUT2D eigenvalue weighted by molar-refractivity contribution is 0.0940. The SMILES string of the molecule is COc1ccccc1-n1cc(C(=O)N[C@H](C)c2cnn(-c3ccccn3)c2C)cn1. The number of aromatic nitrogens is 5. The third kappa shape index (κ3) is 3.67. The van der Waals surface area contributed by atoms with E-state index < -0.39 is 0 Å². The first-order valence-electron chi connectivity index (χ1n) is 9.53. The molecule has 1 N–H and O–H groups in total. The molecule has 0 radical (unpaired) electrons. The first kappa shape index (κ1) is 19.4. The quantitative estimate of drug-likeness (QED) is 0.535. The summed E-state index contributed by atoms with van der Waals surface area (Å²) in [5.74, 6) is 1.20. The summed E-state index contributed by atoms with van der Waals surface area (Å²) in [5, 5.41) is 11.7. The summed E-state index contributed by atoms with van der Waals surface area (Å²) < 4.78 is 8.76. The molecular formula is C22H22N6O2. The van der Waals surface area contributed by atoms with Gasteiger partial charge in [-0.05, 0) is 38.1 Å². The van der Waals surface area contributed by atoms with Crippen LogP contribution in [-0.2, 0) is 0 Å². The van der Waals surface area contributed by atoms with Gasteiger partial charge in [0.15, 0.2) is 5.82 Å². The highest BCUT2D eigenvalue weighted by Gasteiger charge is 2.19. The van der Waals surface area contributed by atoms with Gasteiger partial charge in [-0.1, -0.05) is 18.2 Å². The normalized spacial score (nSPS) is 11.8. The Kier molecular flexibility index (Phi) is 5.30. The summed E-state index contributed by atoms with van der Waals surface area (Å²) in [6.45, 7) is 3.88. The molecule has 8 nitrogen and oxygen atoms in total. The number of ether oxygens (including phenoxy) is 1. The van der Waals surface area contributed by atoms with E-state index in [4.69, 9.17) is 4.74 Å². The lowest BCUT2D eigenvalue weighted by Gasteiger charge is -2.13. The number of rotatable bonds is 6. The van der Waals surface area contributed by atoms with E-state index in [0.29, 0.717) is 11.3 Å². The van der Waals surface area contributed by atoms with E-state index in [-0.39, 0.29) is 11.9 Å². The van der Waals surface area contributed by atoms with E-state index in [0.717, 1.165) is 22.8 Å². The number of pyridine rings is 1. The number of benzene rings is 1. The molecule has 152 valence electrons. The number of hydrogen-bond acceptors (Lipinski definition) is 5. The topological polar surface area (TPSA) is 86.9 Å². The lowest BCUT2D eigenvalue weighted by Crippen LogP contribution is -2.26. The van der Waals surface area contributed by atoms with Crippen LogP contribution in [0.25, 0.3) is 11.5 Å². The fourth-order valence-corrected chi connectivity index (χ4v) is 3.31. The maximum absolute atomic E-state index is 12.8. The van der Waals surface area contributed by atoms with Crippen LogP contribution in [0.4, 0.5) is 0 Å². The van der Waals surface area contributed by atoms with Gasteiger partial charge in [0.05, 0.1) is 31.1 Å². The standard InChI is InChI=1S/C22H22N6O2/c1-15(18-13-25-28(16(18)2)21-10-6-7-11-23-21)26-22(29)17-12-24-27(14-17)19-8-4-5-9-20(19)30-3/h4-15H,1-3H3,(H,26,29)/t15-/m1/s1. The minimum atomic E-state index is -0.232. The molecule has 0 unspecified atom stereocenters. The van der Waals surface area contributed by atoms with Gasteiger partial charge in [-0.2, -0.15) is 10.2 Å². The molecule has 0 fully saturated rings. The molecule has 4 aromatic rings. The zero-order valence-electron chi connectivity index (χ0n) is 17.0. The molecular weight excluding hydrogens is 380 g/mol. The molecule has 0 bridgehead atoms. The Labute approximate surface area is 174 Å². The second kappa shape index (κ2) is 8.20. The van der Waals surface area contributed by atoms with E-state index >= 15 is 0 Å². The molecule has 1 atom stereocenters. The Morgan fingerprint density at radius 2 is 1.90 bits per heavy atom. The summed E-state index contributed by atoms with van der Waals surface area (Å²) >= 11 is 0. The molecule has 0 aliphatic carbocycles. The summed E-state index contributed by atoms with van der Waals surface area (Å²) in [5.41, 5.74) is 3.07. The second-order valence-electron chi connectivity index (χ2n) is 6.83. The number of amides is 1. The molecule has 1 aromatic carbocycles. The number of nitrogens with zero attached hydrogens (tertiary/aromatic N) is 5. The van der Waals surface area contributed by atoms with Gasteiger partial charge in [-0.15, -0.1) is 0 Å². The fourth-order valence-electron chi connectivity index (χ4n) is 3.31. The van der Waals surface area contributed by atoms with E-state index in [1.807, 2.05) is 56.3 Å². The maximum atomic E-state index is 12.8. The predicted octanol–water partition coefficient (Wildman–Crippen LogP) is 3.26. The third-order valence-corrected chi connectivity index (χ3v) is 4.90. The Morgan fingerprint density at radius 1 is 1.10 bits per heavy atom. The molecule has 8 heteroatoms. The third-order valence-electron chi connectivity index (χ3n) is 4.90. The van der Waals surface area contributed by atoms with Gasteiger partial charge in [-0.25, -0.2) is 14.3 Å². The number of hydrogen-bond donors (Lipinski definition) is 1. The Bertz CT molecular complexity index is 1170. The Morgan fingerprint density at radius 3 is 2.67 bits per heavy atom. The zero-order valence-corrected chi connectivity index (χ0v) is 17.0. The van der Waals surface area contributed by atoms with Gasteiger partial charge in [0, 0.05) is 23.7 Å². The molecule has 3 heterocycles. The van der Waals surface area contributed by atoms with Crippen molar-refractivity contribution in [3.63, 3.8) is 0 Å². The molecule has 3 aromatic heterocycles. The van der Waals surface area contributed by atoms with Crippen molar-refractivity contribution in [3.8, 4) is 17.3 Å². The Balaban J connectivity index is 1.51. The predicted molar refractivity (Wildman–Crippen MR) is 112 cm³/mol. The summed E-state index contributed by atoms with van der Waals surface area (Å²) in [4.78, 5) is 17.1. The van der Waals surface area contributed by atoms with Crippen molar-refractivity contribution in [2.24, 2.45) is 0 Å². The average Bonchev–Trinajstić information content (AvgIpc) is 3.41. The minimum absolute atomic E-state index is 0.214. The molecule has 0 aliphatic rings. The van der Waals surface area contributed by atoms with Crippen molar-refractivity contribution in [1.82, 2.24) is 29.9 Å². The van der Waals surface area contributed by atoms with Crippen molar-refractivity contribution >= 4 is 5.91 Å². The van der Waals surface area contributed by atoms with Gasteiger partial charge in [0.25, 0.3) is 5.91 Å². The monoisotopic (exact) mass is 402 g/mol. The van der Waals surface area contributed by atoms with Gasteiger partial charge in [-0.3, -0.25) is 4.79 Å². The first-order valence-corrected chi connectivity index (χ1v) is 9.53. The second-order valence-corrected chi connectivity index (χ2v) is 6.83. The number of para-hydroxylation sites is 2. The van der Waals surface area contributed by atoms with Crippen LogP contribution in [0.15, 0.2) is 67.3 Å². The van der Waals surface area contributed by atoms with Crippen LogP contribution in [0.5, 0.6) is 5.75 Å². The van der Waals surface area contributed by atoms with Gasteiger partial charge in [0.1, 0.15) is 11.4 Å². The highest BCUT2D eigenvalue weighted by Crippen LogP contribution is 2.22. The van der Waals surface area contributed by atoms with E-state index in [1.165, 1.54) is 0 Å². The zero-order chi connectivity index (χ0) is 21.1. The number of methoxy groups -OCH3 is 1. The van der Waals surface area contributed by atoms with Crippen molar-refractivity contribution in [3.05, 3.63) is 84.1 Å². The van der Waals surface area contributed by atoms with Crippen molar-refractivity contribution in [2.75, 3.05) is 7.11 Å². The van der Waals surface area contributed by atoms with E-state index in [2.05, 4.69) is 20.5 Å². The molecule has 30 heavy (non-hydrogen) atoms. The molecule has 4 rings (SSSR count). The maximum Gasteiger partial charge on any atom is 0.254 e. The average molecular weight is 402 g/mol. The number of carbonyl (C=O) groups is 1. The van der Waals surface area contributed by atoms with Crippen LogP contribution < -0.4 is 10.1 Å². The molecule has 0 saturated heterocycles. The van der Waals surface area contributed by atoms with Crippen LogP contribution in [-0.4, -0.2) is 37.6 Å².